The summed E-state index contributed by atoms with van der Waals surface area (Å²) in [5, 5.41) is 4.47. The van der Waals surface area contributed by atoms with E-state index in [1.54, 1.807) is 11.3 Å². The summed E-state index contributed by atoms with van der Waals surface area (Å²) in [6.45, 7) is 0. The Bertz CT molecular complexity index is 2890. The second-order valence-electron chi connectivity index (χ2n) is 12.4. The van der Waals surface area contributed by atoms with Crippen molar-refractivity contribution in [1.82, 2.24) is 15.0 Å². The Hall–Kier alpha value is -6.43. The fraction of sp³-hybridized carbons (Fsp3) is 0. The van der Waals surface area contributed by atoms with E-state index in [0.717, 1.165) is 60.0 Å². The zero-order chi connectivity index (χ0) is 33.0. The SMILES string of the molecule is c1ccc(-c2cccc(-c3ccccc3-c3nc(-c4cccc5c4sc4ccccc45)nc(-c4cccc5oc6ccccc6c45)n3)c2)cc1. The van der Waals surface area contributed by atoms with E-state index in [-0.39, 0.29) is 0 Å². The van der Waals surface area contributed by atoms with E-state index in [4.69, 9.17) is 19.4 Å². The van der Waals surface area contributed by atoms with Gasteiger partial charge in [-0.3, -0.25) is 0 Å². The minimum atomic E-state index is 0.605. The molecule has 50 heavy (non-hydrogen) atoms. The molecule has 0 amide bonds. The molecule has 3 aromatic heterocycles. The molecule has 0 unspecified atom stereocenters. The molecule has 0 saturated heterocycles. The minimum Gasteiger partial charge on any atom is -0.456 e. The van der Waals surface area contributed by atoms with E-state index in [1.165, 1.54) is 21.0 Å². The normalized spacial score (nSPS) is 11.6. The third-order valence-electron chi connectivity index (χ3n) is 9.37. The fourth-order valence-electron chi connectivity index (χ4n) is 7.05. The molecule has 0 aliphatic carbocycles. The Balaban J connectivity index is 1.24. The fourth-order valence-corrected chi connectivity index (χ4v) is 8.26. The zero-order valence-corrected chi connectivity index (χ0v) is 27.6. The van der Waals surface area contributed by atoms with Crippen LogP contribution in [0.3, 0.4) is 0 Å². The van der Waals surface area contributed by atoms with Crippen LogP contribution < -0.4 is 0 Å². The number of furan rings is 1. The highest BCUT2D eigenvalue weighted by Gasteiger charge is 2.21. The van der Waals surface area contributed by atoms with Crippen LogP contribution in [0, 0.1) is 0 Å². The molecule has 234 valence electrons. The maximum Gasteiger partial charge on any atom is 0.165 e. The van der Waals surface area contributed by atoms with Crippen molar-refractivity contribution in [3.63, 3.8) is 0 Å². The molecule has 0 N–H and O–H groups in total. The molecule has 0 saturated carbocycles. The smallest absolute Gasteiger partial charge is 0.165 e. The molecule has 0 radical (unpaired) electrons. The number of para-hydroxylation sites is 1. The Morgan fingerprint density at radius 1 is 0.380 bits per heavy atom. The lowest BCUT2D eigenvalue weighted by Crippen LogP contribution is -2.01. The number of rotatable bonds is 5. The predicted molar refractivity (Wildman–Crippen MR) is 207 cm³/mol. The van der Waals surface area contributed by atoms with Gasteiger partial charge in [0, 0.05) is 47.6 Å². The van der Waals surface area contributed by atoms with Crippen LogP contribution in [0.15, 0.2) is 168 Å². The summed E-state index contributed by atoms with van der Waals surface area (Å²) in [4.78, 5) is 15.8. The molecular weight excluding hydrogens is 631 g/mol. The number of nitrogens with zero attached hydrogens (tertiary/aromatic N) is 3. The molecule has 3 heterocycles. The van der Waals surface area contributed by atoms with Gasteiger partial charge in [0.25, 0.3) is 0 Å². The van der Waals surface area contributed by atoms with Gasteiger partial charge in [-0.2, -0.15) is 0 Å². The second kappa shape index (κ2) is 11.6. The first-order valence-electron chi connectivity index (χ1n) is 16.6. The molecule has 4 nitrogen and oxygen atoms in total. The third kappa shape index (κ3) is 4.71. The molecule has 5 heteroatoms. The van der Waals surface area contributed by atoms with E-state index in [9.17, 15) is 0 Å². The summed E-state index contributed by atoms with van der Waals surface area (Å²) in [6, 6.07) is 56.8. The van der Waals surface area contributed by atoms with E-state index in [0.29, 0.717) is 17.5 Å². The van der Waals surface area contributed by atoms with Gasteiger partial charge in [-0.1, -0.05) is 133 Å². The van der Waals surface area contributed by atoms with Crippen LogP contribution in [-0.2, 0) is 0 Å². The lowest BCUT2D eigenvalue weighted by molar-refractivity contribution is 0.669. The molecule has 0 aliphatic rings. The number of aromatic nitrogens is 3. The van der Waals surface area contributed by atoms with E-state index >= 15 is 0 Å². The zero-order valence-electron chi connectivity index (χ0n) is 26.7. The maximum atomic E-state index is 6.29. The van der Waals surface area contributed by atoms with Crippen molar-refractivity contribution in [2.24, 2.45) is 0 Å². The lowest BCUT2D eigenvalue weighted by Gasteiger charge is -2.13. The molecule has 10 aromatic rings. The maximum absolute atomic E-state index is 6.29. The van der Waals surface area contributed by atoms with Gasteiger partial charge in [0.15, 0.2) is 17.5 Å². The van der Waals surface area contributed by atoms with Crippen LogP contribution >= 0.6 is 11.3 Å². The van der Waals surface area contributed by atoms with Gasteiger partial charge in [0.05, 0.1) is 0 Å². The van der Waals surface area contributed by atoms with Gasteiger partial charge >= 0.3 is 0 Å². The first-order chi connectivity index (χ1) is 24.8. The van der Waals surface area contributed by atoms with Gasteiger partial charge in [0.2, 0.25) is 0 Å². The summed E-state index contributed by atoms with van der Waals surface area (Å²) < 4.78 is 8.69. The van der Waals surface area contributed by atoms with Crippen LogP contribution in [0.4, 0.5) is 0 Å². The van der Waals surface area contributed by atoms with Crippen LogP contribution in [0.2, 0.25) is 0 Å². The Kier molecular flexibility index (Phi) is 6.64. The number of hydrogen-bond donors (Lipinski definition) is 0. The topological polar surface area (TPSA) is 51.8 Å². The van der Waals surface area contributed by atoms with Crippen LogP contribution in [-0.4, -0.2) is 15.0 Å². The third-order valence-corrected chi connectivity index (χ3v) is 10.6. The molecule has 0 aliphatic heterocycles. The van der Waals surface area contributed by atoms with E-state index < -0.39 is 0 Å². The van der Waals surface area contributed by atoms with Gasteiger partial charge in [-0.05, 0) is 52.6 Å². The Morgan fingerprint density at radius 2 is 0.940 bits per heavy atom. The highest BCUT2D eigenvalue weighted by Crippen LogP contribution is 2.42. The summed E-state index contributed by atoms with van der Waals surface area (Å²) in [6.07, 6.45) is 0. The molecule has 0 fully saturated rings. The molecule has 0 spiro atoms. The van der Waals surface area contributed by atoms with E-state index in [2.05, 4.69) is 127 Å². The quantitative estimate of drug-likeness (QED) is 0.185. The van der Waals surface area contributed by atoms with Crippen molar-refractivity contribution < 1.29 is 4.42 Å². The standard InChI is InChI=1S/C45H27N3OS/c1-2-13-28(14-3-1)29-15-10-16-30(27-29)31-17-4-5-19-34(31)43-46-44(36-22-12-25-39-41(36)35-20-6-8-24-38(35)49-39)48-45(47-43)37-23-11-21-33-32-18-7-9-26-40(32)50-42(33)37/h1-27H. The molecular formula is C45H27N3OS. The Morgan fingerprint density at radius 3 is 1.82 bits per heavy atom. The van der Waals surface area contributed by atoms with Gasteiger partial charge in [-0.15, -0.1) is 11.3 Å². The van der Waals surface area contributed by atoms with E-state index in [1.807, 2.05) is 36.4 Å². The number of benzene rings is 7. The number of thiophene rings is 1. The van der Waals surface area contributed by atoms with Crippen molar-refractivity contribution in [2.75, 3.05) is 0 Å². The minimum absolute atomic E-state index is 0.605. The largest absolute Gasteiger partial charge is 0.456 e. The highest BCUT2D eigenvalue weighted by atomic mass is 32.1. The Labute approximate surface area is 292 Å². The van der Waals surface area contributed by atoms with Crippen molar-refractivity contribution in [2.45, 2.75) is 0 Å². The van der Waals surface area contributed by atoms with Crippen LogP contribution in [0.25, 0.3) is 98.5 Å². The van der Waals surface area contributed by atoms with Crippen molar-refractivity contribution in [3.05, 3.63) is 164 Å². The lowest BCUT2D eigenvalue weighted by atomic mass is 9.95. The predicted octanol–water partition coefficient (Wildman–Crippen LogP) is 12.5. The number of fused-ring (bicyclic) bond motifs is 6. The summed E-state index contributed by atoms with van der Waals surface area (Å²) in [7, 11) is 0. The average Bonchev–Trinajstić information content (AvgIpc) is 3.77. The monoisotopic (exact) mass is 657 g/mol. The molecule has 0 bridgehead atoms. The average molecular weight is 658 g/mol. The summed E-state index contributed by atoms with van der Waals surface area (Å²) in [5.74, 6) is 1.86. The van der Waals surface area contributed by atoms with Gasteiger partial charge < -0.3 is 4.42 Å². The molecule has 0 atom stereocenters. The first kappa shape index (κ1) is 28.6. The second-order valence-corrected chi connectivity index (χ2v) is 13.4. The first-order valence-corrected chi connectivity index (χ1v) is 17.4. The van der Waals surface area contributed by atoms with Gasteiger partial charge in [0.1, 0.15) is 11.2 Å². The summed E-state index contributed by atoms with van der Waals surface area (Å²) in [5.41, 5.74) is 8.96. The highest BCUT2D eigenvalue weighted by molar-refractivity contribution is 7.26. The van der Waals surface area contributed by atoms with Gasteiger partial charge in [-0.25, -0.2) is 15.0 Å². The van der Waals surface area contributed by atoms with Crippen molar-refractivity contribution >= 4 is 53.4 Å². The molecule has 10 rings (SSSR count). The molecule has 7 aromatic carbocycles. The van der Waals surface area contributed by atoms with Crippen LogP contribution in [0.5, 0.6) is 0 Å². The van der Waals surface area contributed by atoms with Crippen molar-refractivity contribution in [3.8, 4) is 56.4 Å². The van der Waals surface area contributed by atoms with Crippen molar-refractivity contribution in [1.29, 1.82) is 0 Å². The van der Waals surface area contributed by atoms with Crippen LogP contribution in [0.1, 0.15) is 0 Å². The summed E-state index contributed by atoms with van der Waals surface area (Å²) >= 11 is 1.78. The number of hydrogen-bond acceptors (Lipinski definition) is 5.